The van der Waals surface area contributed by atoms with E-state index >= 15 is 0 Å². The second-order valence-corrected chi connectivity index (χ2v) is 4.32. The molecule has 0 aliphatic rings. The molecule has 6 nitrogen and oxygen atoms in total. The molecule has 0 aliphatic heterocycles. The van der Waals surface area contributed by atoms with Crippen LogP contribution in [0.5, 0.6) is 0 Å². The van der Waals surface area contributed by atoms with E-state index in [9.17, 15) is 4.79 Å². The van der Waals surface area contributed by atoms with Gasteiger partial charge in [0.25, 0.3) is 0 Å². The topological polar surface area (TPSA) is 86.7 Å². The molecule has 2 N–H and O–H groups in total. The van der Waals surface area contributed by atoms with E-state index in [1.54, 1.807) is 12.4 Å². The molecule has 84 valence electrons. The SMILES string of the molecule is CC(N)c1nc(C(=O)c2cnnn2C)cs1. The number of carbonyl (C=O) groups is 1. The zero-order valence-electron chi connectivity index (χ0n) is 8.91. The highest BCUT2D eigenvalue weighted by molar-refractivity contribution is 7.09. The summed E-state index contributed by atoms with van der Waals surface area (Å²) in [6, 6.07) is -0.156. The predicted octanol–water partition coefficient (Wildman–Crippen LogP) is 0.522. The van der Waals surface area contributed by atoms with Gasteiger partial charge in [-0.05, 0) is 6.92 Å². The number of aromatic nitrogens is 4. The first kappa shape index (κ1) is 10.9. The molecule has 2 rings (SSSR count). The van der Waals surface area contributed by atoms with Crippen molar-refractivity contribution in [3.05, 3.63) is 28.0 Å². The minimum absolute atomic E-state index is 0.156. The summed E-state index contributed by atoms with van der Waals surface area (Å²) in [6.07, 6.45) is 1.42. The summed E-state index contributed by atoms with van der Waals surface area (Å²) >= 11 is 1.38. The van der Waals surface area contributed by atoms with Crippen molar-refractivity contribution in [1.29, 1.82) is 0 Å². The predicted molar refractivity (Wildman–Crippen MR) is 59.2 cm³/mol. The average Bonchev–Trinajstić information content (AvgIpc) is 2.84. The maximum atomic E-state index is 12.0. The third-order valence-electron chi connectivity index (χ3n) is 2.09. The summed E-state index contributed by atoms with van der Waals surface area (Å²) < 4.78 is 1.42. The molecule has 0 radical (unpaired) electrons. The van der Waals surface area contributed by atoms with E-state index in [0.29, 0.717) is 11.4 Å². The van der Waals surface area contributed by atoms with Gasteiger partial charge in [-0.15, -0.1) is 16.4 Å². The molecular formula is C9H11N5OS. The van der Waals surface area contributed by atoms with E-state index in [2.05, 4.69) is 15.3 Å². The van der Waals surface area contributed by atoms with Crippen molar-refractivity contribution in [1.82, 2.24) is 20.0 Å². The van der Waals surface area contributed by atoms with Crippen molar-refractivity contribution in [3.63, 3.8) is 0 Å². The van der Waals surface area contributed by atoms with Crippen LogP contribution < -0.4 is 5.73 Å². The third kappa shape index (κ3) is 1.86. The van der Waals surface area contributed by atoms with Crippen LogP contribution in [-0.4, -0.2) is 25.8 Å². The first-order valence-corrected chi connectivity index (χ1v) is 5.58. The van der Waals surface area contributed by atoms with Gasteiger partial charge in [-0.25, -0.2) is 9.67 Å². The molecule has 0 amide bonds. The Kier molecular flexibility index (Phi) is 2.80. The quantitative estimate of drug-likeness (QED) is 0.786. The van der Waals surface area contributed by atoms with E-state index in [0.717, 1.165) is 5.01 Å². The van der Waals surface area contributed by atoms with E-state index in [4.69, 9.17) is 5.73 Å². The zero-order valence-corrected chi connectivity index (χ0v) is 9.73. The molecule has 0 spiro atoms. The summed E-state index contributed by atoms with van der Waals surface area (Å²) in [5.74, 6) is -0.185. The van der Waals surface area contributed by atoms with Crippen LogP contribution in [0.4, 0.5) is 0 Å². The van der Waals surface area contributed by atoms with Crippen LogP contribution in [0.1, 0.15) is 34.2 Å². The molecule has 7 heteroatoms. The summed E-state index contributed by atoms with van der Waals surface area (Å²) in [5.41, 5.74) is 6.49. The van der Waals surface area contributed by atoms with Crippen molar-refractivity contribution >= 4 is 17.1 Å². The molecule has 16 heavy (non-hydrogen) atoms. The molecule has 1 atom stereocenters. The molecule has 1 unspecified atom stereocenters. The molecule has 0 saturated heterocycles. The van der Waals surface area contributed by atoms with Gasteiger partial charge in [0, 0.05) is 12.4 Å². The lowest BCUT2D eigenvalue weighted by Crippen LogP contribution is -2.10. The van der Waals surface area contributed by atoms with Crippen LogP contribution in [0.2, 0.25) is 0 Å². The van der Waals surface area contributed by atoms with E-state index < -0.39 is 0 Å². The largest absolute Gasteiger partial charge is 0.322 e. The number of nitrogens with zero attached hydrogens (tertiary/aromatic N) is 4. The van der Waals surface area contributed by atoms with E-state index in [-0.39, 0.29) is 11.8 Å². The van der Waals surface area contributed by atoms with Crippen LogP contribution in [0.3, 0.4) is 0 Å². The maximum absolute atomic E-state index is 12.0. The third-order valence-corrected chi connectivity index (χ3v) is 3.14. The van der Waals surface area contributed by atoms with Crippen molar-refractivity contribution in [2.24, 2.45) is 12.8 Å². The van der Waals surface area contributed by atoms with Gasteiger partial charge in [0.15, 0.2) is 0 Å². The Morgan fingerprint density at radius 2 is 2.38 bits per heavy atom. The number of carbonyl (C=O) groups excluding carboxylic acids is 1. The minimum atomic E-state index is -0.185. The lowest BCUT2D eigenvalue weighted by Gasteiger charge is -1.98. The first-order chi connectivity index (χ1) is 7.59. The second-order valence-electron chi connectivity index (χ2n) is 3.43. The molecule has 2 aromatic heterocycles. The highest BCUT2D eigenvalue weighted by Crippen LogP contribution is 2.17. The molecule has 0 aliphatic carbocycles. The fraction of sp³-hybridized carbons (Fsp3) is 0.333. The standard InChI is InChI=1S/C9H11N5OS/c1-5(10)9-12-6(4-16-9)8(15)7-3-11-13-14(7)2/h3-5H,10H2,1-2H3. The van der Waals surface area contributed by atoms with Crippen LogP contribution in [0, 0.1) is 0 Å². The fourth-order valence-corrected chi connectivity index (χ4v) is 1.99. The van der Waals surface area contributed by atoms with E-state index in [1.165, 1.54) is 22.2 Å². The van der Waals surface area contributed by atoms with Crippen LogP contribution >= 0.6 is 11.3 Å². The van der Waals surface area contributed by atoms with Crippen molar-refractivity contribution < 1.29 is 4.79 Å². The van der Waals surface area contributed by atoms with Gasteiger partial charge in [0.05, 0.1) is 12.2 Å². The molecule has 0 aromatic carbocycles. The van der Waals surface area contributed by atoms with Gasteiger partial charge < -0.3 is 5.73 Å². The molecular weight excluding hydrogens is 226 g/mol. The minimum Gasteiger partial charge on any atom is -0.322 e. The van der Waals surface area contributed by atoms with Crippen LogP contribution in [0.15, 0.2) is 11.6 Å². The number of thiazole rings is 1. The highest BCUT2D eigenvalue weighted by atomic mass is 32.1. The average molecular weight is 237 g/mol. The van der Waals surface area contributed by atoms with Gasteiger partial charge in [0.2, 0.25) is 5.78 Å². The number of nitrogens with two attached hydrogens (primary N) is 1. The highest BCUT2D eigenvalue weighted by Gasteiger charge is 2.17. The smallest absolute Gasteiger partial charge is 0.231 e. The maximum Gasteiger partial charge on any atom is 0.231 e. The molecule has 0 bridgehead atoms. The second kappa shape index (κ2) is 4.11. The Balaban J connectivity index is 2.31. The lowest BCUT2D eigenvalue weighted by molar-refractivity contribution is 0.102. The number of rotatable bonds is 3. The Bertz CT molecular complexity index is 515. The van der Waals surface area contributed by atoms with Crippen molar-refractivity contribution in [3.8, 4) is 0 Å². The summed E-state index contributed by atoms with van der Waals surface area (Å²) in [7, 11) is 1.67. The zero-order chi connectivity index (χ0) is 11.7. The Morgan fingerprint density at radius 3 is 2.88 bits per heavy atom. The molecule has 2 aromatic rings. The number of hydrogen-bond acceptors (Lipinski definition) is 6. The van der Waals surface area contributed by atoms with Gasteiger partial charge in [-0.2, -0.15) is 0 Å². The normalized spacial score (nSPS) is 12.7. The summed E-state index contributed by atoms with van der Waals surface area (Å²) in [6.45, 7) is 1.83. The van der Waals surface area contributed by atoms with E-state index in [1.807, 2.05) is 6.92 Å². The van der Waals surface area contributed by atoms with Gasteiger partial charge in [-0.3, -0.25) is 4.79 Å². The van der Waals surface area contributed by atoms with Crippen LogP contribution in [-0.2, 0) is 7.05 Å². The Morgan fingerprint density at radius 1 is 1.62 bits per heavy atom. The molecule has 0 fully saturated rings. The van der Waals surface area contributed by atoms with Gasteiger partial charge >= 0.3 is 0 Å². The Hall–Kier alpha value is -1.60. The number of aryl methyl sites for hydroxylation is 1. The fourth-order valence-electron chi connectivity index (χ4n) is 1.23. The van der Waals surface area contributed by atoms with Crippen molar-refractivity contribution in [2.45, 2.75) is 13.0 Å². The molecule has 2 heterocycles. The number of hydrogen-bond donors (Lipinski definition) is 1. The van der Waals surface area contributed by atoms with Crippen LogP contribution in [0.25, 0.3) is 0 Å². The monoisotopic (exact) mass is 237 g/mol. The number of ketones is 1. The van der Waals surface area contributed by atoms with Crippen molar-refractivity contribution in [2.75, 3.05) is 0 Å². The van der Waals surface area contributed by atoms with Gasteiger partial charge in [-0.1, -0.05) is 5.21 Å². The summed E-state index contributed by atoms with van der Waals surface area (Å²) in [4.78, 5) is 16.1. The molecule has 0 saturated carbocycles. The first-order valence-electron chi connectivity index (χ1n) is 4.70. The lowest BCUT2D eigenvalue weighted by atomic mass is 10.2. The van der Waals surface area contributed by atoms with Gasteiger partial charge in [0.1, 0.15) is 16.4 Å². The summed E-state index contributed by atoms with van der Waals surface area (Å²) in [5, 5.41) is 9.81. The Labute approximate surface area is 96.1 Å².